The molecule has 0 aromatic carbocycles. The van der Waals surface area contributed by atoms with Gasteiger partial charge in [-0.3, -0.25) is 28.5 Å². The number of aliphatic hydroxyl groups excluding tert-OH is 2. The van der Waals surface area contributed by atoms with Crippen LogP contribution in [0.2, 0.25) is 0 Å². The zero-order valence-corrected chi connectivity index (χ0v) is 23.6. The molecule has 1 aromatic rings. The Labute approximate surface area is 227 Å². The van der Waals surface area contributed by atoms with E-state index in [2.05, 4.69) is 10.2 Å². The molecule has 40 heavy (non-hydrogen) atoms. The lowest BCUT2D eigenvalue weighted by Crippen LogP contribution is -2.53. The van der Waals surface area contributed by atoms with E-state index in [0.717, 1.165) is 12.3 Å². The summed E-state index contributed by atoms with van der Waals surface area (Å²) in [5, 5.41) is 25.7. The smallest absolute Gasteiger partial charge is 0.342 e. The summed E-state index contributed by atoms with van der Waals surface area (Å²) in [5.41, 5.74) is -4.99. The van der Waals surface area contributed by atoms with Crippen LogP contribution in [0.4, 0.5) is 8.78 Å². The van der Waals surface area contributed by atoms with Gasteiger partial charge in [-0.25, -0.2) is 23.7 Å². The normalized spacial score (nSPS) is 26.1. The molecule has 1 aliphatic heterocycles. The lowest BCUT2D eigenvalue weighted by atomic mass is 9.96. The van der Waals surface area contributed by atoms with Gasteiger partial charge in [0.25, 0.3) is 12.0 Å². The fourth-order valence-corrected chi connectivity index (χ4v) is 5.45. The molecule has 0 saturated carbocycles. The van der Waals surface area contributed by atoms with E-state index in [1.807, 2.05) is 4.98 Å². The Hall–Kier alpha value is -2.53. The number of aromatic amines is 1. The predicted octanol–water partition coefficient (Wildman–Crippen LogP) is -0.225. The first-order chi connectivity index (χ1) is 18.4. The van der Waals surface area contributed by atoms with Gasteiger partial charge in [-0.1, -0.05) is 0 Å². The zero-order chi connectivity index (χ0) is 30.6. The second kappa shape index (κ2) is 13.4. The van der Waals surface area contributed by atoms with Crippen LogP contribution in [-0.4, -0.2) is 86.8 Å². The van der Waals surface area contributed by atoms with Crippen molar-refractivity contribution in [3.8, 4) is 0 Å². The first-order valence-electron chi connectivity index (χ1n) is 12.3. The third-order valence-electron chi connectivity index (χ3n) is 5.56. The Morgan fingerprint density at radius 2 is 1.57 bits per heavy atom. The molecule has 1 saturated heterocycles. The van der Waals surface area contributed by atoms with Crippen LogP contribution in [0.5, 0.6) is 0 Å². The SMILES string of the molecule is CC(C)OC(=O)[C@H](C)NP(=O)(N[C@H](C)C(=O)OC(C)C)OC[C@]1(C(F)F)O[C@H](n2ccc(=O)[nH]c2=O)[C@@H](O)[C@H]1O. The molecule has 1 fully saturated rings. The quantitative estimate of drug-likeness (QED) is 0.147. The summed E-state index contributed by atoms with van der Waals surface area (Å²) in [6.45, 7) is 7.35. The van der Waals surface area contributed by atoms with Gasteiger partial charge < -0.3 is 28.9 Å². The highest BCUT2D eigenvalue weighted by atomic mass is 31.2. The van der Waals surface area contributed by atoms with Crippen LogP contribution >= 0.6 is 7.67 Å². The van der Waals surface area contributed by atoms with Crippen molar-refractivity contribution in [2.24, 2.45) is 0 Å². The van der Waals surface area contributed by atoms with Gasteiger partial charge in [-0.2, -0.15) is 0 Å². The molecule has 7 atom stereocenters. The summed E-state index contributed by atoms with van der Waals surface area (Å²) < 4.78 is 63.8. The van der Waals surface area contributed by atoms with Crippen molar-refractivity contribution in [3.63, 3.8) is 0 Å². The minimum absolute atomic E-state index is 0.552. The number of aromatic nitrogens is 2. The maximum Gasteiger partial charge on any atom is 0.342 e. The fraction of sp³-hybridized carbons (Fsp3) is 0.727. The summed E-state index contributed by atoms with van der Waals surface area (Å²) in [4.78, 5) is 50.0. The number of carbonyl (C=O) groups excluding carboxylic acids is 2. The minimum Gasteiger partial charge on any atom is -0.462 e. The number of carbonyl (C=O) groups is 2. The lowest BCUT2D eigenvalue weighted by molar-refractivity contribution is -0.192. The Bertz CT molecular complexity index is 1180. The molecule has 0 bridgehead atoms. The van der Waals surface area contributed by atoms with E-state index in [-0.39, 0.29) is 0 Å². The summed E-state index contributed by atoms with van der Waals surface area (Å²) in [7, 11) is -4.64. The number of nitrogens with zero attached hydrogens (tertiary/aromatic N) is 1. The van der Waals surface area contributed by atoms with Crippen LogP contribution in [0.25, 0.3) is 0 Å². The standard InChI is InChI=1S/C22H35F2N4O11P/c1-10(2)37-18(32)12(5)26-40(35,27-13(6)19(33)38-11(3)4)36-9-22(20(23)24)16(31)15(30)17(39-22)28-8-7-14(29)25-21(28)34/h7-8,10-13,15-17,20,30-31H,9H2,1-6H3,(H,25,29,34)(H2,26,27,35)/t12-,13+,15-,16+,17-,22-,40?/m0/s1. The number of H-pyrrole nitrogens is 1. The van der Waals surface area contributed by atoms with Crippen molar-refractivity contribution in [2.75, 3.05) is 6.61 Å². The van der Waals surface area contributed by atoms with Gasteiger partial charge in [0.2, 0.25) is 0 Å². The number of alkyl halides is 2. The Morgan fingerprint density at radius 1 is 1.07 bits per heavy atom. The molecule has 0 aliphatic carbocycles. The van der Waals surface area contributed by atoms with Gasteiger partial charge >= 0.3 is 25.3 Å². The van der Waals surface area contributed by atoms with E-state index in [1.54, 1.807) is 27.7 Å². The monoisotopic (exact) mass is 600 g/mol. The number of hydrogen-bond acceptors (Lipinski definition) is 11. The molecular weight excluding hydrogens is 565 g/mol. The molecular formula is C22H35F2N4O11P. The Balaban J connectivity index is 2.39. The highest BCUT2D eigenvalue weighted by molar-refractivity contribution is 7.54. The molecule has 0 spiro atoms. The van der Waals surface area contributed by atoms with Crippen LogP contribution in [0, 0.1) is 0 Å². The number of halogens is 2. The first-order valence-corrected chi connectivity index (χ1v) is 13.9. The average molecular weight is 601 g/mol. The predicted molar refractivity (Wildman–Crippen MR) is 133 cm³/mol. The van der Waals surface area contributed by atoms with Crippen LogP contribution in [0.3, 0.4) is 0 Å². The molecule has 2 heterocycles. The molecule has 1 unspecified atom stereocenters. The summed E-state index contributed by atoms with van der Waals surface area (Å²) in [6, 6.07) is -1.83. The lowest BCUT2D eigenvalue weighted by Gasteiger charge is -2.33. The second-order valence-corrected chi connectivity index (χ2v) is 11.6. The van der Waals surface area contributed by atoms with Crippen molar-refractivity contribution < 1.29 is 51.9 Å². The van der Waals surface area contributed by atoms with Crippen molar-refractivity contribution >= 4 is 19.6 Å². The summed E-state index contributed by atoms with van der Waals surface area (Å²) in [5.74, 6) is -1.77. The van der Waals surface area contributed by atoms with Crippen LogP contribution < -0.4 is 21.4 Å². The van der Waals surface area contributed by atoms with Crippen molar-refractivity contribution in [1.82, 2.24) is 19.7 Å². The van der Waals surface area contributed by atoms with E-state index in [9.17, 15) is 42.7 Å². The largest absolute Gasteiger partial charge is 0.462 e. The molecule has 1 aromatic heterocycles. The van der Waals surface area contributed by atoms with Gasteiger partial charge in [0.05, 0.1) is 18.8 Å². The highest BCUT2D eigenvalue weighted by Gasteiger charge is 2.61. The fourth-order valence-electron chi connectivity index (χ4n) is 3.61. The summed E-state index contributed by atoms with van der Waals surface area (Å²) in [6.07, 6.45) is -10.2. The van der Waals surface area contributed by atoms with Gasteiger partial charge in [0.1, 0.15) is 24.3 Å². The van der Waals surface area contributed by atoms with E-state index in [1.165, 1.54) is 13.8 Å². The van der Waals surface area contributed by atoms with E-state index in [4.69, 9.17) is 18.7 Å². The first kappa shape index (κ1) is 33.7. The molecule has 0 amide bonds. The maximum absolute atomic E-state index is 14.4. The zero-order valence-electron chi connectivity index (χ0n) is 22.7. The molecule has 0 radical (unpaired) electrons. The number of hydrogen-bond donors (Lipinski definition) is 5. The number of ether oxygens (including phenoxy) is 3. The van der Waals surface area contributed by atoms with Crippen molar-refractivity contribution in [2.45, 2.75) is 96.3 Å². The van der Waals surface area contributed by atoms with Crippen molar-refractivity contribution in [3.05, 3.63) is 33.1 Å². The molecule has 15 nitrogen and oxygen atoms in total. The average Bonchev–Trinajstić information content (AvgIpc) is 3.08. The molecule has 2 rings (SSSR count). The van der Waals surface area contributed by atoms with Crippen LogP contribution in [0.1, 0.15) is 47.8 Å². The van der Waals surface area contributed by atoms with Gasteiger partial charge in [-0.15, -0.1) is 0 Å². The maximum atomic E-state index is 14.4. The van der Waals surface area contributed by atoms with Gasteiger partial charge in [0, 0.05) is 12.3 Å². The van der Waals surface area contributed by atoms with Crippen LogP contribution in [-0.2, 0) is 32.9 Å². The molecule has 18 heteroatoms. The number of aliphatic hydroxyl groups is 2. The third kappa shape index (κ3) is 8.02. The molecule has 228 valence electrons. The van der Waals surface area contributed by atoms with Crippen LogP contribution in [0.15, 0.2) is 21.9 Å². The van der Waals surface area contributed by atoms with Crippen molar-refractivity contribution in [1.29, 1.82) is 0 Å². The van der Waals surface area contributed by atoms with E-state index < -0.39 is 92.2 Å². The third-order valence-corrected chi connectivity index (χ3v) is 7.51. The number of esters is 2. The number of rotatable bonds is 13. The van der Waals surface area contributed by atoms with E-state index in [0.29, 0.717) is 4.57 Å². The van der Waals surface area contributed by atoms with E-state index >= 15 is 0 Å². The number of nitrogens with one attached hydrogen (secondary N) is 3. The van der Waals surface area contributed by atoms with Gasteiger partial charge in [-0.05, 0) is 41.5 Å². The van der Waals surface area contributed by atoms with Gasteiger partial charge in [0.15, 0.2) is 11.8 Å². The Kier molecular flexibility index (Phi) is 11.3. The Morgan fingerprint density at radius 3 is 2.00 bits per heavy atom. The summed E-state index contributed by atoms with van der Waals surface area (Å²) >= 11 is 0. The minimum atomic E-state index is -4.64. The highest BCUT2D eigenvalue weighted by Crippen LogP contribution is 2.46. The molecule has 1 aliphatic rings. The topological polar surface area (TPSA) is 208 Å². The second-order valence-electron chi connectivity index (χ2n) is 9.71. The molecule has 5 N–H and O–H groups in total.